The third kappa shape index (κ3) is 3.52. The Kier molecular flexibility index (Phi) is 4.55. The van der Waals surface area contributed by atoms with Gasteiger partial charge in [-0.2, -0.15) is 4.68 Å². The summed E-state index contributed by atoms with van der Waals surface area (Å²) in [7, 11) is 0. The average Bonchev–Trinajstić information content (AvgIpc) is 3.32. The maximum absolute atomic E-state index is 13.6. The first-order chi connectivity index (χ1) is 13.1. The number of amides is 1. The third-order valence-electron chi connectivity index (χ3n) is 4.17. The molecule has 2 aromatic heterocycles. The quantitative estimate of drug-likeness (QED) is 0.574. The summed E-state index contributed by atoms with van der Waals surface area (Å²) in [5.74, 6) is -0.919. The van der Waals surface area contributed by atoms with Crippen LogP contribution < -0.4 is 5.32 Å². The number of tetrazole rings is 1. The Morgan fingerprint density at radius 3 is 2.89 bits per heavy atom. The van der Waals surface area contributed by atoms with Gasteiger partial charge in [0.1, 0.15) is 12.1 Å². The Hall–Kier alpha value is -3.26. The zero-order chi connectivity index (χ0) is 18.8. The van der Waals surface area contributed by atoms with Crippen molar-refractivity contribution in [2.24, 2.45) is 0 Å². The molecule has 0 fully saturated rings. The third-order valence-corrected chi connectivity index (χ3v) is 4.41. The molecule has 0 atom stereocenters. The van der Waals surface area contributed by atoms with Crippen molar-refractivity contribution in [1.82, 2.24) is 30.1 Å². The van der Waals surface area contributed by atoms with Crippen molar-refractivity contribution < 1.29 is 9.18 Å². The number of carbonyl (C=O) groups is 1. The van der Waals surface area contributed by atoms with E-state index in [1.165, 1.54) is 23.1 Å². The van der Waals surface area contributed by atoms with E-state index < -0.39 is 11.7 Å². The van der Waals surface area contributed by atoms with Crippen molar-refractivity contribution in [1.29, 1.82) is 0 Å². The van der Waals surface area contributed by atoms with Crippen LogP contribution in [0.1, 0.15) is 10.4 Å². The van der Waals surface area contributed by atoms with E-state index in [1.54, 1.807) is 0 Å². The second kappa shape index (κ2) is 7.16. The molecule has 4 aromatic rings. The molecule has 0 aliphatic carbocycles. The van der Waals surface area contributed by atoms with Crippen LogP contribution in [0.3, 0.4) is 0 Å². The van der Waals surface area contributed by atoms with Crippen molar-refractivity contribution in [3.05, 3.63) is 71.4 Å². The molecule has 2 aromatic carbocycles. The molecule has 4 rings (SSSR count). The van der Waals surface area contributed by atoms with Gasteiger partial charge in [-0.05, 0) is 52.2 Å². The van der Waals surface area contributed by atoms with Crippen LogP contribution >= 0.6 is 11.6 Å². The van der Waals surface area contributed by atoms with E-state index in [1.807, 2.05) is 35.0 Å². The number of nitrogens with zero attached hydrogens (tertiary/aromatic N) is 5. The van der Waals surface area contributed by atoms with Crippen LogP contribution in [0.25, 0.3) is 16.6 Å². The largest absolute Gasteiger partial charge is 0.350 e. The smallest absolute Gasteiger partial charge is 0.253 e. The molecule has 1 amide bonds. The Morgan fingerprint density at radius 1 is 1.19 bits per heavy atom. The minimum absolute atomic E-state index is 0.155. The van der Waals surface area contributed by atoms with Gasteiger partial charge >= 0.3 is 0 Å². The summed E-state index contributed by atoms with van der Waals surface area (Å²) >= 11 is 6.06. The fourth-order valence-electron chi connectivity index (χ4n) is 2.90. The van der Waals surface area contributed by atoms with Crippen molar-refractivity contribution >= 4 is 28.4 Å². The lowest BCUT2D eigenvalue weighted by molar-refractivity contribution is 0.0952. The summed E-state index contributed by atoms with van der Waals surface area (Å²) in [6.07, 6.45) is 3.28. The molecule has 136 valence electrons. The molecule has 0 aliphatic heterocycles. The maximum Gasteiger partial charge on any atom is 0.253 e. The van der Waals surface area contributed by atoms with Crippen molar-refractivity contribution in [3.63, 3.8) is 0 Å². The summed E-state index contributed by atoms with van der Waals surface area (Å²) in [4.78, 5) is 12.6. The number of hydrogen-bond acceptors (Lipinski definition) is 4. The lowest BCUT2D eigenvalue weighted by Gasteiger charge is -2.11. The Labute approximate surface area is 158 Å². The second-order valence-corrected chi connectivity index (χ2v) is 6.32. The summed E-state index contributed by atoms with van der Waals surface area (Å²) in [5.41, 5.74) is 1.54. The monoisotopic (exact) mass is 384 g/mol. The normalized spacial score (nSPS) is 11.0. The highest BCUT2D eigenvalue weighted by atomic mass is 35.5. The molecular formula is C18H14ClFN6O. The first-order valence-corrected chi connectivity index (χ1v) is 8.55. The molecule has 0 spiro atoms. The zero-order valence-corrected chi connectivity index (χ0v) is 14.8. The van der Waals surface area contributed by atoms with Crippen LogP contribution in [0.15, 0.2) is 55.0 Å². The number of hydrogen-bond donors (Lipinski definition) is 1. The van der Waals surface area contributed by atoms with Gasteiger partial charge in [0.15, 0.2) is 0 Å². The molecule has 1 N–H and O–H groups in total. The van der Waals surface area contributed by atoms with Crippen molar-refractivity contribution in [3.8, 4) is 5.69 Å². The number of nitrogens with one attached hydrogen (secondary N) is 1. The standard InChI is InChI=1S/C18H14ClFN6O/c19-13-2-1-12-5-7-25(17(12)9-13)8-6-21-18(27)15-10-14(20)3-4-16(15)26-11-22-23-24-26/h1-5,7,9-11H,6,8H2,(H,21,27). The highest BCUT2D eigenvalue weighted by Gasteiger charge is 2.15. The fourth-order valence-corrected chi connectivity index (χ4v) is 3.07. The lowest BCUT2D eigenvalue weighted by Crippen LogP contribution is -2.28. The van der Waals surface area contributed by atoms with Gasteiger partial charge in [0.2, 0.25) is 0 Å². The van der Waals surface area contributed by atoms with E-state index in [0.29, 0.717) is 23.8 Å². The van der Waals surface area contributed by atoms with Gasteiger partial charge in [-0.1, -0.05) is 17.7 Å². The van der Waals surface area contributed by atoms with Crippen LogP contribution in [0, 0.1) is 5.82 Å². The minimum Gasteiger partial charge on any atom is -0.350 e. The van der Waals surface area contributed by atoms with Gasteiger partial charge in [0.05, 0.1) is 11.3 Å². The van der Waals surface area contributed by atoms with Crippen molar-refractivity contribution in [2.45, 2.75) is 6.54 Å². The van der Waals surface area contributed by atoms with Gasteiger partial charge in [-0.25, -0.2) is 4.39 Å². The Balaban J connectivity index is 1.50. The van der Waals surface area contributed by atoms with Crippen LogP contribution in [-0.2, 0) is 6.54 Å². The van der Waals surface area contributed by atoms with Crippen LogP contribution in [0.2, 0.25) is 5.02 Å². The molecule has 0 unspecified atom stereocenters. The van der Waals surface area contributed by atoms with Crippen LogP contribution in [-0.4, -0.2) is 37.2 Å². The predicted molar refractivity (Wildman–Crippen MR) is 98.4 cm³/mol. The highest BCUT2D eigenvalue weighted by Crippen LogP contribution is 2.20. The van der Waals surface area contributed by atoms with Gasteiger partial charge in [0, 0.05) is 29.8 Å². The van der Waals surface area contributed by atoms with E-state index in [-0.39, 0.29) is 5.56 Å². The summed E-state index contributed by atoms with van der Waals surface area (Å²) in [5, 5.41) is 15.4. The molecule has 0 bridgehead atoms. The van der Waals surface area contributed by atoms with E-state index in [4.69, 9.17) is 11.6 Å². The maximum atomic E-state index is 13.6. The van der Waals surface area contributed by atoms with Crippen LogP contribution in [0.5, 0.6) is 0 Å². The highest BCUT2D eigenvalue weighted by molar-refractivity contribution is 6.31. The molecule has 27 heavy (non-hydrogen) atoms. The lowest BCUT2D eigenvalue weighted by atomic mass is 10.1. The van der Waals surface area contributed by atoms with Gasteiger partial charge in [-0.3, -0.25) is 4.79 Å². The van der Waals surface area contributed by atoms with Gasteiger partial charge in [-0.15, -0.1) is 5.10 Å². The number of aromatic nitrogens is 5. The van der Waals surface area contributed by atoms with E-state index >= 15 is 0 Å². The molecule has 9 heteroatoms. The van der Waals surface area contributed by atoms with Crippen molar-refractivity contribution in [2.75, 3.05) is 6.54 Å². The number of rotatable bonds is 5. The number of benzene rings is 2. The molecule has 0 saturated heterocycles. The SMILES string of the molecule is O=C(NCCn1ccc2ccc(Cl)cc21)c1cc(F)ccc1-n1cnnn1. The van der Waals surface area contributed by atoms with Gasteiger partial charge < -0.3 is 9.88 Å². The predicted octanol–water partition coefficient (Wildman–Crippen LogP) is 2.84. The summed E-state index contributed by atoms with van der Waals surface area (Å²) < 4.78 is 17.0. The van der Waals surface area contributed by atoms with Crippen LogP contribution in [0.4, 0.5) is 4.39 Å². The molecule has 0 aliphatic rings. The molecule has 0 radical (unpaired) electrons. The van der Waals surface area contributed by atoms with Gasteiger partial charge in [0.25, 0.3) is 5.91 Å². The molecule has 0 saturated carbocycles. The Morgan fingerprint density at radius 2 is 2.07 bits per heavy atom. The first kappa shape index (κ1) is 17.2. The minimum atomic E-state index is -0.511. The first-order valence-electron chi connectivity index (χ1n) is 8.17. The number of fused-ring (bicyclic) bond motifs is 1. The second-order valence-electron chi connectivity index (χ2n) is 5.88. The number of carbonyl (C=O) groups excluding carboxylic acids is 1. The summed E-state index contributed by atoms with van der Waals surface area (Å²) in [6, 6.07) is 11.5. The summed E-state index contributed by atoms with van der Waals surface area (Å²) in [6.45, 7) is 0.909. The number of halogens is 2. The molecular weight excluding hydrogens is 371 g/mol. The average molecular weight is 385 g/mol. The van der Waals surface area contributed by atoms with E-state index in [9.17, 15) is 9.18 Å². The Bertz CT molecular complexity index is 1110. The topological polar surface area (TPSA) is 77.6 Å². The zero-order valence-electron chi connectivity index (χ0n) is 14.0. The molecule has 7 nitrogen and oxygen atoms in total. The van der Waals surface area contributed by atoms with E-state index in [2.05, 4.69) is 20.8 Å². The fraction of sp³-hybridized carbons (Fsp3) is 0.111. The van der Waals surface area contributed by atoms with E-state index in [0.717, 1.165) is 17.0 Å². The molecule has 2 heterocycles.